The SMILES string of the molecule is CCN(CC)CCOc1ccc(N=C2CCN(c3ccccc3)N2)cc1.O=C(O)/C=C/C(=O)O. The average molecular weight is 469 g/mol. The van der Waals surface area contributed by atoms with Gasteiger partial charge in [-0.25, -0.2) is 14.6 Å². The summed E-state index contributed by atoms with van der Waals surface area (Å²) in [5, 5.41) is 17.8. The predicted molar refractivity (Wildman–Crippen MR) is 133 cm³/mol. The van der Waals surface area contributed by atoms with Gasteiger partial charge in [0.05, 0.1) is 11.4 Å². The molecule has 2 aromatic carbocycles. The molecular formula is C25H32N4O5. The molecule has 0 aromatic heterocycles. The van der Waals surface area contributed by atoms with Crippen LogP contribution in [0, 0.1) is 0 Å². The van der Waals surface area contributed by atoms with Gasteiger partial charge < -0.3 is 19.8 Å². The first-order valence-corrected chi connectivity index (χ1v) is 11.2. The zero-order chi connectivity index (χ0) is 24.8. The van der Waals surface area contributed by atoms with Gasteiger partial charge in [-0.05, 0) is 49.5 Å². The Balaban J connectivity index is 0.000000440. The van der Waals surface area contributed by atoms with Crippen molar-refractivity contribution in [2.45, 2.75) is 20.3 Å². The normalized spacial score (nSPS) is 14.1. The Morgan fingerprint density at radius 3 is 2.21 bits per heavy atom. The second kappa shape index (κ2) is 14.3. The number of likely N-dealkylation sites (N-methyl/N-ethyl adjacent to an activating group) is 1. The van der Waals surface area contributed by atoms with Crippen molar-refractivity contribution in [2.24, 2.45) is 4.99 Å². The van der Waals surface area contributed by atoms with Crippen LogP contribution in [-0.4, -0.2) is 65.7 Å². The molecule has 0 aliphatic carbocycles. The molecule has 0 radical (unpaired) electrons. The van der Waals surface area contributed by atoms with Gasteiger partial charge >= 0.3 is 11.9 Å². The fourth-order valence-corrected chi connectivity index (χ4v) is 3.12. The molecule has 34 heavy (non-hydrogen) atoms. The maximum atomic E-state index is 9.55. The molecule has 0 saturated carbocycles. The average Bonchev–Trinajstić information content (AvgIpc) is 3.31. The molecule has 0 unspecified atom stereocenters. The lowest BCUT2D eigenvalue weighted by atomic mass is 10.3. The lowest BCUT2D eigenvalue weighted by Gasteiger charge is -2.18. The van der Waals surface area contributed by atoms with Crippen LogP contribution in [0.2, 0.25) is 0 Å². The number of amidine groups is 1. The molecule has 0 atom stereocenters. The summed E-state index contributed by atoms with van der Waals surface area (Å²) in [6, 6.07) is 18.3. The number of benzene rings is 2. The van der Waals surface area contributed by atoms with Crippen LogP contribution < -0.4 is 15.2 Å². The molecule has 1 aliphatic heterocycles. The van der Waals surface area contributed by atoms with Crippen molar-refractivity contribution in [3.05, 3.63) is 66.7 Å². The van der Waals surface area contributed by atoms with E-state index in [1.165, 1.54) is 0 Å². The lowest BCUT2D eigenvalue weighted by molar-refractivity contribution is -0.134. The van der Waals surface area contributed by atoms with E-state index >= 15 is 0 Å². The van der Waals surface area contributed by atoms with Gasteiger partial charge in [0.15, 0.2) is 0 Å². The highest BCUT2D eigenvalue weighted by atomic mass is 16.5. The fourth-order valence-electron chi connectivity index (χ4n) is 3.12. The number of nitrogens with zero attached hydrogens (tertiary/aromatic N) is 3. The van der Waals surface area contributed by atoms with Gasteiger partial charge in [-0.15, -0.1) is 0 Å². The van der Waals surface area contributed by atoms with Crippen LogP contribution in [0.4, 0.5) is 11.4 Å². The predicted octanol–water partition coefficient (Wildman–Crippen LogP) is 3.56. The van der Waals surface area contributed by atoms with Crippen LogP contribution in [0.15, 0.2) is 71.7 Å². The van der Waals surface area contributed by atoms with E-state index in [0.717, 1.165) is 55.6 Å². The number of ether oxygens (including phenoxy) is 1. The Bertz CT molecular complexity index is 941. The number of hydrazine groups is 1. The van der Waals surface area contributed by atoms with Crippen molar-refractivity contribution < 1.29 is 24.5 Å². The van der Waals surface area contributed by atoms with Gasteiger partial charge in [-0.2, -0.15) is 0 Å². The number of anilines is 1. The summed E-state index contributed by atoms with van der Waals surface area (Å²) in [6.07, 6.45) is 2.03. The molecule has 1 aliphatic rings. The second-order valence-electron chi connectivity index (χ2n) is 7.29. The number of carboxylic acid groups (broad SMARTS) is 2. The van der Waals surface area contributed by atoms with E-state index in [4.69, 9.17) is 19.9 Å². The van der Waals surface area contributed by atoms with Gasteiger partial charge in [0.1, 0.15) is 18.2 Å². The molecule has 0 bridgehead atoms. The Kier molecular flexibility index (Phi) is 11.1. The summed E-state index contributed by atoms with van der Waals surface area (Å²) in [5.41, 5.74) is 5.48. The third-order valence-electron chi connectivity index (χ3n) is 4.94. The van der Waals surface area contributed by atoms with Crippen LogP contribution >= 0.6 is 0 Å². The molecular weight excluding hydrogens is 436 g/mol. The third kappa shape index (κ3) is 9.74. The number of rotatable bonds is 10. The number of aliphatic carboxylic acids is 2. The van der Waals surface area contributed by atoms with E-state index in [-0.39, 0.29) is 0 Å². The molecule has 9 nitrogen and oxygen atoms in total. The minimum Gasteiger partial charge on any atom is -0.492 e. The molecule has 0 amide bonds. The Morgan fingerprint density at radius 1 is 1.03 bits per heavy atom. The van der Waals surface area contributed by atoms with Gasteiger partial charge in [-0.1, -0.05) is 32.0 Å². The molecule has 1 fully saturated rings. The molecule has 3 rings (SSSR count). The molecule has 0 spiro atoms. The molecule has 182 valence electrons. The van der Waals surface area contributed by atoms with E-state index < -0.39 is 11.9 Å². The van der Waals surface area contributed by atoms with Crippen molar-refractivity contribution in [3.63, 3.8) is 0 Å². The summed E-state index contributed by atoms with van der Waals surface area (Å²) < 4.78 is 5.83. The lowest BCUT2D eigenvalue weighted by Crippen LogP contribution is -2.32. The maximum Gasteiger partial charge on any atom is 0.328 e. The first kappa shape index (κ1) is 26.4. The zero-order valence-electron chi connectivity index (χ0n) is 19.6. The second-order valence-corrected chi connectivity index (χ2v) is 7.29. The van der Waals surface area contributed by atoms with E-state index in [0.29, 0.717) is 18.8 Å². The summed E-state index contributed by atoms with van der Waals surface area (Å²) >= 11 is 0. The largest absolute Gasteiger partial charge is 0.492 e. The number of nitrogens with one attached hydrogen (secondary N) is 1. The number of carbonyl (C=O) groups is 2. The van der Waals surface area contributed by atoms with E-state index in [9.17, 15) is 9.59 Å². The molecule has 9 heteroatoms. The first-order chi connectivity index (χ1) is 16.4. The van der Waals surface area contributed by atoms with Crippen LogP contribution in [0.5, 0.6) is 5.75 Å². The zero-order valence-corrected chi connectivity index (χ0v) is 19.6. The van der Waals surface area contributed by atoms with Gasteiger partial charge in [0, 0.05) is 31.7 Å². The summed E-state index contributed by atoms with van der Waals surface area (Å²) in [7, 11) is 0. The van der Waals surface area contributed by atoms with Crippen molar-refractivity contribution >= 4 is 29.1 Å². The highest BCUT2D eigenvalue weighted by Gasteiger charge is 2.17. The molecule has 2 aromatic rings. The van der Waals surface area contributed by atoms with Crippen molar-refractivity contribution in [1.82, 2.24) is 10.3 Å². The summed E-state index contributed by atoms with van der Waals surface area (Å²) in [6.45, 7) is 9.06. The third-order valence-corrected chi connectivity index (χ3v) is 4.94. The summed E-state index contributed by atoms with van der Waals surface area (Å²) in [4.78, 5) is 26.2. The van der Waals surface area contributed by atoms with Gasteiger partial charge in [-0.3, -0.25) is 10.4 Å². The number of hydrogen-bond acceptors (Lipinski definition) is 6. The highest BCUT2D eigenvalue weighted by Crippen LogP contribution is 2.21. The van der Waals surface area contributed by atoms with Gasteiger partial charge in [0.25, 0.3) is 0 Å². The smallest absolute Gasteiger partial charge is 0.328 e. The molecule has 1 saturated heterocycles. The summed E-state index contributed by atoms with van der Waals surface area (Å²) in [5.74, 6) is -0.629. The van der Waals surface area contributed by atoms with Gasteiger partial charge in [0.2, 0.25) is 0 Å². The van der Waals surface area contributed by atoms with Crippen LogP contribution in [0.3, 0.4) is 0 Å². The van der Waals surface area contributed by atoms with Crippen LogP contribution in [0.25, 0.3) is 0 Å². The van der Waals surface area contributed by atoms with Crippen LogP contribution in [-0.2, 0) is 9.59 Å². The molecule has 1 heterocycles. The maximum absolute atomic E-state index is 9.55. The van der Waals surface area contributed by atoms with Crippen LogP contribution in [0.1, 0.15) is 20.3 Å². The number of aliphatic imine (C=N–C) groups is 1. The first-order valence-electron chi connectivity index (χ1n) is 11.2. The molecule has 3 N–H and O–H groups in total. The van der Waals surface area contributed by atoms with Crippen molar-refractivity contribution in [1.29, 1.82) is 0 Å². The van der Waals surface area contributed by atoms with E-state index in [2.05, 4.69) is 41.3 Å². The Labute approximate surface area is 200 Å². The Hall–Kier alpha value is -3.85. The van der Waals surface area contributed by atoms with E-state index in [1.54, 1.807) is 0 Å². The monoisotopic (exact) mass is 468 g/mol. The topological polar surface area (TPSA) is 115 Å². The minimum absolute atomic E-state index is 0.558. The standard InChI is InChI=1S/C21H28N4O.C4H4O4/c1-3-24(4-2)16-17-26-20-12-10-18(11-13-20)22-21-14-15-25(23-21)19-8-6-5-7-9-19;5-3(6)1-2-4(7)8/h5-13H,3-4,14-17H2,1-2H3,(H,22,23);1-2H,(H,5,6)(H,7,8)/b;2-1+. The quantitative estimate of drug-likeness (QED) is 0.454. The van der Waals surface area contributed by atoms with Crippen molar-refractivity contribution in [3.8, 4) is 5.75 Å². The van der Waals surface area contributed by atoms with Crippen molar-refractivity contribution in [2.75, 3.05) is 37.8 Å². The number of hydrogen-bond donors (Lipinski definition) is 3. The Morgan fingerprint density at radius 2 is 1.65 bits per heavy atom. The fraction of sp³-hybridized carbons (Fsp3) is 0.320. The minimum atomic E-state index is -1.26. The number of para-hydroxylation sites is 1. The highest BCUT2D eigenvalue weighted by molar-refractivity contribution is 5.90. The van der Waals surface area contributed by atoms with E-state index in [1.807, 2.05) is 42.5 Å². The number of carboxylic acids is 2.